The second kappa shape index (κ2) is 9.47. The second-order valence-electron chi connectivity index (χ2n) is 8.90. The highest BCUT2D eigenvalue weighted by Gasteiger charge is 2.27. The molecule has 34 heavy (non-hydrogen) atoms. The highest BCUT2D eigenvalue weighted by atomic mass is 35.5. The zero-order valence-electron chi connectivity index (χ0n) is 19.3. The topological polar surface area (TPSA) is 72.4 Å². The number of amides is 1. The van der Waals surface area contributed by atoms with E-state index in [2.05, 4.69) is 36.1 Å². The van der Waals surface area contributed by atoms with Crippen molar-refractivity contribution in [1.29, 1.82) is 0 Å². The third-order valence-corrected chi connectivity index (χ3v) is 6.52. The maximum Gasteiger partial charge on any atom is 0.223 e. The number of fused-ring (bicyclic) bond motifs is 1. The smallest absolute Gasteiger partial charge is 0.223 e. The first-order chi connectivity index (χ1) is 16.5. The number of halogens is 1. The average molecular weight is 476 g/mol. The van der Waals surface area contributed by atoms with Crippen LogP contribution in [0.2, 0.25) is 5.02 Å². The highest BCUT2D eigenvalue weighted by Crippen LogP contribution is 2.31. The molecule has 0 bridgehead atoms. The lowest BCUT2D eigenvalue weighted by Gasteiger charge is -2.26. The first-order valence-electron chi connectivity index (χ1n) is 11.5. The quantitative estimate of drug-likeness (QED) is 0.327. The molecule has 4 aromatic rings. The van der Waals surface area contributed by atoms with Crippen LogP contribution in [-0.4, -0.2) is 27.5 Å². The summed E-state index contributed by atoms with van der Waals surface area (Å²) in [5, 5.41) is 4.90. The summed E-state index contributed by atoms with van der Waals surface area (Å²) in [6, 6.07) is 15.8. The van der Waals surface area contributed by atoms with Gasteiger partial charge in [0.2, 0.25) is 5.91 Å². The fourth-order valence-corrected chi connectivity index (χ4v) is 4.36. The molecule has 1 aliphatic rings. The Labute approximate surface area is 203 Å². The summed E-state index contributed by atoms with van der Waals surface area (Å²) < 4.78 is 11.5. The molecule has 0 aliphatic carbocycles. The Morgan fingerprint density at radius 2 is 1.82 bits per heavy atom. The molecule has 1 aliphatic heterocycles. The van der Waals surface area contributed by atoms with Crippen LogP contribution in [0.4, 0.5) is 0 Å². The molecule has 0 atom stereocenters. The molecular weight excluding hydrogens is 450 g/mol. The first-order valence-corrected chi connectivity index (χ1v) is 11.9. The second-order valence-corrected chi connectivity index (χ2v) is 9.34. The van der Waals surface area contributed by atoms with Crippen LogP contribution >= 0.6 is 11.6 Å². The summed E-state index contributed by atoms with van der Waals surface area (Å²) in [6.07, 6.45) is 3.23. The number of benzene rings is 2. The molecule has 0 saturated carbocycles. The maximum atomic E-state index is 12.9. The van der Waals surface area contributed by atoms with Crippen LogP contribution in [0.3, 0.4) is 0 Å². The van der Waals surface area contributed by atoms with Gasteiger partial charge >= 0.3 is 0 Å². The van der Waals surface area contributed by atoms with Crippen molar-refractivity contribution in [3.8, 4) is 22.6 Å². The Bertz CT molecular complexity index is 1290. The number of carbonyl (C=O) groups excluding carboxylic acids is 1. The van der Waals surface area contributed by atoms with Gasteiger partial charge < -0.3 is 13.8 Å². The molecule has 3 heterocycles. The highest BCUT2D eigenvalue weighted by molar-refractivity contribution is 6.30. The van der Waals surface area contributed by atoms with Crippen molar-refractivity contribution >= 4 is 17.5 Å². The van der Waals surface area contributed by atoms with Gasteiger partial charge in [0.15, 0.2) is 17.4 Å². The lowest BCUT2D eigenvalue weighted by molar-refractivity contribution is -0.132. The van der Waals surface area contributed by atoms with Crippen LogP contribution in [0.15, 0.2) is 63.7 Å². The van der Waals surface area contributed by atoms with Gasteiger partial charge in [0.05, 0.1) is 12.7 Å². The van der Waals surface area contributed by atoms with Crippen molar-refractivity contribution in [2.24, 2.45) is 0 Å². The van der Waals surface area contributed by atoms with E-state index in [1.54, 1.807) is 6.20 Å². The van der Waals surface area contributed by atoms with Gasteiger partial charge in [0.25, 0.3) is 0 Å². The number of rotatable bonds is 6. The Morgan fingerprint density at radius 3 is 2.56 bits per heavy atom. The zero-order valence-corrected chi connectivity index (χ0v) is 20.0. The molecule has 1 amide bonds. The maximum absolute atomic E-state index is 12.9. The molecule has 0 saturated heterocycles. The number of aryl methyl sites for hydroxylation is 1. The van der Waals surface area contributed by atoms with Crippen LogP contribution in [0.5, 0.6) is 0 Å². The summed E-state index contributed by atoms with van der Waals surface area (Å²) in [7, 11) is 0. The largest absolute Gasteiger partial charge is 0.441 e. The molecule has 0 spiro atoms. The predicted octanol–water partition coefficient (Wildman–Crippen LogP) is 6.29. The number of hydrogen-bond acceptors (Lipinski definition) is 5. The molecular formula is C27H26ClN3O3. The molecule has 0 N–H and O–H groups in total. The SMILES string of the molecule is CC(C)c1ccc(-c2cnc(CCC(=O)N3CCc4c(noc4-c4ccc(Cl)cc4)C3)o2)cc1. The lowest BCUT2D eigenvalue weighted by atomic mass is 10.0. The summed E-state index contributed by atoms with van der Waals surface area (Å²) in [4.78, 5) is 19.1. The van der Waals surface area contributed by atoms with E-state index < -0.39 is 0 Å². The molecule has 174 valence electrons. The Kier molecular flexibility index (Phi) is 6.24. The molecule has 0 unspecified atom stereocenters. The van der Waals surface area contributed by atoms with Crippen LogP contribution in [0, 0.1) is 0 Å². The first kappa shape index (κ1) is 22.4. The van der Waals surface area contributed by atoms with Gasteiger partial charge in [-0.15, -0.1) is 0 Å². The van der Waals surface area contributed by atoms with Crippen LogP contribution in [-0.2, 0) is 24.2 Å². The van der Waals surface area contributed by atoms with Crippen molar-refractivity contribution in [1.82, 2.24) is 15.0 Å². The minimum absolute atomic E-state index is 0.0581. The molecule has 6 nitrogen and oxygen atoms in total. The normalized spacial score (nSPS) is 13.4. The number of aromatic nitrogens is 2. The van der Waals surface area contributed by atoms with Crippen molar-refractivity contribution in [2.45, 2.75) is 45.6 Å². The molecule has 2 aromatic carbocycles. The monoisotopic (exact) mass is 475 g/mol. The van der Waals surface area contributed by atoms with Crippen molar-refractivity contribution in [3.05, 3.63) is 82.5 Å². The van der Waals surface area contributed by atoms with Crippen LogP contribution in [0.25, 0.3) is 22.6 Å². The van der Waals surface area contributed by atoms with E-state index in [9.17, 15) is 4.79 Å². The summed E-state index contributed by atoms with van der Waals surface area (Å²) in [6.45, 7) is 5.42. The van der Waals surface area contributed by atoms with E-state index >= 15 is 0 Å². The fraction of sp³-hybridized carbons (Fsp3) is 0.296. The van der Waals surface area contributed by atoms with Gasteiger partial charge in [0.1, 0.15) is 5.69 Å². The van der Waals surface area contributed by atoms with E-state index in [-0.39, 0.29) is 5.91 Å². The van der Waals surface area contributed by atoms with E-state index in [4.69, 9.17) is 20.5 Å². The standard InChI is InChI=1S/C27H26ClN3O3/c1-17(2)18-3-5-19(6-4-18)24-15-29-25(33-24)11-12-26(32)31-14-13-22-23(16-31)30-34-27(22)20-7-9-21(28)10-8-20/h3-10,15,17H,11-14,16H2,1-2H3. The van der Waals surface area contributed by atoms with E-state index in [1.807, 2.05) is 41.3 Å². The van der Waals surface area contributed by atoms with Gasteiger partial charge in [-0.05, 0) is 42.2 Å². The Balaban J connectivity index is 1.19. The van der Waals surface area contributed by atoms with Crippen molar-refractivity contribution in [3.63, 3.8) is 0 Å². The minimum atomic E-state index is 0.0581. The summed E-state index contributed by atoms with van der Waals surface area (Å²) in [5.74, 6) is 2.59. The minimum Gasteiger partial charge on any atom is -0.441 e. The van der Waals surface area contributed by atoms with E-state index in [0.717, 1.165) is 33.9 Å². The molecule has 2 aromatic heterocycles. The number of carbonyl (C=O) groups is 1. The molecule has 0 fully saturated rings. The van der Waals surface area contributed by atoms with Gasteiger partial charge in [0, 0.05) is 41.1 Å². The van der Waals surface area contributed by atoms with E-state index in [0.29, 0.717) is 49.2 Å². The van der Waals surface area contributed by atoms with Crippen LogP contribution < -0.4 is 0 Å². The average Bonchev–Trinajstić information content (AvgIpc) is 3.50. The van der Waals surface area contributed by atoms with Crippen molar-refractivity contribution < 1.29 is 13.7 Å². The van der Waals surface area contributed by atoms with E-state index in [1.165, 1.54) is 5.56 Å². The summed E-state index contributed by atoms with van der Waals surface area (Å²) in [5.41, 5.74) is 5.09. The van der Waals surface area contributed by atoms with Crippen molar-refractivity contribution in [2.75, 3.05) is 6.54 Å². The summed E-state index contributed by atoms with van der Waals surface area (Å²) >= 11 is 5.99. The number of hydrogen-bond donors (Lipinski definition) is 0. The van der Waals surface area contributed by atoms with Gasteiger partial charge in [-0.25, -0.2) is 4.98 Å². The zero-order chi connectivity index (χ0) is 23.7. The van der Waals surface area contributed by atoms with Crippen LogP contribution in [0.1, 0.15) is 48.9 Å². The Hall–Kier alpha value is -3.38. The molecule has 0 radical (unpaired) electrons. The predicted molar refractivity (Wildman–Crippen MR) is 130 cm³/mol. The Morgan fingerprint density at radius 1 is 1.09 bits per heavy atom. The molecule has 5 rings (SSSR count). The van der Waals surface area contributed by atoms with Gasteiger partial charge in [-0.3, -0.25) is 4.79 Å². The third kappa shape index (κ3) is 4.64. The number of nitrogens with zero attached hydrogens (tertiary/aromatic N) is 3. The van der Waals surface area contributed by atoms with Gasteiger partial charge in [-0.2, -0.15) is 0 Å². The van der Waals surface area contributed by atoms with Gasteiger partial charge in [-0.1, -0.05) is 54.9 Å². The lowest BCUT2D eigenvalue weighted by Crippen LogP contribution is -2.36. The molecule has 7 heteroatoms. The fourth-order valence-electron chi connectivity index (χ4n) is 4.24. The number of oxazole rings is 1. The third-order valence-electron chi connectivity index (χ3n) is 6.27.